The molecule has 0 radical (unpaired) electrons. The number of hydrogen-bond acceptors (Lipinski definition) is 4. The minimum atomic E-state index is -2.71. The molecule has 7 nitrogen and oxygen atoms in total. The average molecular weight is 513 g/mol. The van der Waals surface area contributed by atoms with Crippen molar-refractivity contribution in [1.29, 1.82) is 0 Å². The van der Waals surface area contributed by atoms with Crippen LogP contribution in [0.15, 0.2) is 30.3 Å². The number of carboxylic acid groups (broad SMARTS) is 1. The van der Waals surface area contributed by atoms with E-state index in [2.05, 4.69) is 5.32 Å². The average Bonchev–Trinajstić information content (AvgIpc) is 2.77. The number of carbonyl (C=O) groups is 2. The Morgan fingerprint density at radius 3 is 2.44 bits per heavy atom. The molecule has 11 heteroatoms. The van der Waals surface area contributed by atoms with Crippen LogP contribution < -0.4 is 10.1 Å². The molecule has 0 saturated carbocycles. The smallest absolute Gasteiger partial charge is 0.408 e. The quantitative estimate of drug-likeness (QED) is 0.455. The third-order valence-electron chi connectivity index (χ3n) is 5.84. The van der Waals surface area contributed by atoms with Crippen molar-refractivity contribution in [3.63, 3.8) is 0 Å². The second-order valence-corrected chi connectivity index (χ2v) is 9.02. The molecule has 2 N–H and O–H groups in total. The predicted molar refractivity (Wildman–Crippen MR) is 124 cm³/mol. The number of anilines is 1. The van der Waals surface area contributed by atoms with Crippen LogP contribution in [-0.2, 0) is 21.4 Å². The summed E-state index contributed by atoms with van der Waals surface area (Å²) < 4.78 is 64.9. The topological polar surface area (TPSA) is 88.1 Å². The highest BCUT2D eigenvalue weighted by Crippen LogP contribution is 2.35. The van der Waals surface area contributed by atoms with Crippen molar-refractivity contribution < 1.29 is 41.7 Å². The molecule has 3 rings (SSSR count). The van der Waals surface area contributed by atoms with Crippen molar-refractivity contribution in [2.45, 2.75) is 45.1 Å². The first kappa shape index (κ1) is 27.3. The highest BCUT2D eigenvalue weighted by atomic mass is 19.3. The first-order valence-electron chi connectivity index (χ1n) is 11.4. The van der Waals surface area contributed by atoms with Gasteiger partial charge in [0.25, 0.3) is 12.3 Å². The molecule has 36 heavy (non-hydrogen) atoms. The van der Waals surface area contributed by atoms with Crippen molar-refractivity contribution in [2.24, 2.45) is 0 Å². The Morgan fingerprint density at radius 2 is 1.86 bits per heavy atom. The first-order valence-corrected chi connectivity index (χ1v) is 11.4. The van der Waals surface area contributed by atoms with Crippen LogP contribution in [0.4, 0.5) is 28.0 Å². The number of alkyl halides is 2. The highest BCUT2D eigenvalue weighted by Gasteiger charge is 2.37. The Bertz CT molecular complexity index is 1100. The lowest BCUT2D eigenvalue weighted by Crippen LogP contribution is -2.44. The van der Waals surface area contributed by atoms with Gasteiger partial charge in [-0.15, -0.1) is 0 Å². The fourth-order valence-corrected chi connectivity index (χ4v) is 4.33. The van der Waals surface area contributed by atoms with E-state index < -0.39 is 48.1 Å². The summed E-state index contributed by atoms with van der Waals surface area (Å²) in [5.74, 6) is -2.21. The van der Waals surface area contributed by atoms with E-state index in [1.807, 2.05) is 6.92 Å². The van der Waals surface area contributed by atoms with Crippen LogP contribution in [0.3, 0.4) is 0 Å². The molecule has 2 aromatic carbocycles. The Hall–Kier alpha value is -3.34. The molecule has 0 bridgehead atoms. The van der Waals surface area contributed by atoms with Gasteiger partial charge in [0.05, 0.1) is 13.2 Å². The lowest BCUT2D eigenvalue weighted by molar-refractivity contribution is -0.121. The number of ether oxygens (including phenoxy) is 2. The molecule has 1 heterocycles. The molecule has 0 spiro atoms. The molecule has 0 unspecified atom stereocenters. The zero-order chi connectivity index (χ0) is 26.6. The fourth-order valence-electron chi connectivity index (χ4n) is 4.33. The van der Waals surface area contributed by atoms with Crippen LogP contribution >= 0.6 is 0 Å². The summed E-state index contributed by atoms with van der Waals surface area (Å²) in [4.78, 5) is 26.0. The predicted octanol–water partition coefficient (Wildman–Crippen LogP) is 5.14. The summed E-state index contributed by atoms with van der Waals surface area (Å²) in [5.41, 5.74) is -0.692. The maximum atomic E-state index is 14.9. The van der Waals surface area contributed by atoms with Crippen molar-refractivity contribution >= 4 is 17.7 Å². The number of fused-ring (bicyclic) bond motifs is 1. The van der Waals surface area contributed by atoms with Gasteiger partial charge >= 0.3 is 6.09 Å². The number of carbonyl (C=O) groups excluding carboxylic acids is 1. The van der Waals surface area contributed by atoms with Gasteiger partial charge in [0.15, 0.2) is 0 Å². The Morgan fingerprint density at radius 1 is 1.19 bits per heavy atom. The third-order valence-corrected chi connectivity index (χ3v) is 5.84. The van der Waals surface area contributed by atoms with Crippen LogP contribution in [-0.4, -0.2) is 54.8 Å². The molecule has 1 aliphatic rings. The lowest BCUT2D eigenvalue weighted by atomic mass is 9.84. The normalized spacial score (nSPS) is 15.6. The van der Waals surface area contributed by atoms with Crippen LogP contribution in [0.2, 0.25) is 0 Å². The van der Waals surface area contributed by atoms with Crippen molar-refractivity contribution in [3.8, 4) is 5.75 Å². The molecule has 1 atom stereocenters. The van der Waals surface area contributed by atoms with Gasteiger partial charge < -0.3 is 19.9 Å². The molecule has 2 amide bonds. The number of halogens is 4. The van der Waals surface area contributed by atoms with Gasteiger partial charge in [0, 0.05) is 23.2 Å². The molecular formula is C25H28F4N2O5. The fraction of sp³-hybridized carbons (Fsp3) is 0.440. The van der Waals surface area contributed by atoms with E-state index in [-0.39, 0.29) is 24.4 Å². The van der Waals surface area contributed by atoms with E-state index in [4.69, 9.17) is 9.47 Å². The van der Waals surface area contributed by atoms with E-state index in [0.29, 0.717) is 24.3 Å². The first-order chi connectivity index (χ1) is 16.9. The number of hydrogen-bond donors (Lipinski definition) is 2. The van der Waals surface area contributed by atoms with Gasteiger partial charge in [-0.3, -0.25) is 9.69 Å². The van der Waals surface area contributed by atoms with Gasteiger partial charge in [-0.2, -0.15) is 0 Å². The molecule has 0 aliphatic carbocycles. The number of amides is 2. The van der Waals surface area contributed by atoms with Gasteiger partial charge in [0.1, 0.15) is 30.0 Å². The minimum absolute atomic E-state index is 0.0461. The van der Waals surface area contributed by atoms with Gasteiger partial charge in [-0.1, -0.05) is 19.9 Å². The van der Waals surface area contributed by atoms with E-state index in [1.165, 1.54) is 13.8 Å². The van der Waals surface area contributed by atoms with E-state index in [0.717, 1.165) is 22.6 Å². The largest absolute Gasteiger partial charge is 0.494 e. The van der Waals surface area contributed by atoms with Gasteiger partial charge in [0.2, 0.25) is 0 Å². The van der Waals surface area contributed by atoms with Crippen molar-refractivity contribution in [3.05, 3.63) is 58.7 Å². The Labute approximate surface area is 206 Å². The summed E-state index contributed by atoms with van der Waals surface area (Å²) in [6.07, 6.45) is -3.66. The SMILES string of the molecule is CCOc1ccc2c(c1)CCN(C(=O)O)[C@H]2C(=O)Nc1cc(F)c(C(C)(C)COCC(F)F)c(F)c1. The molecule has 0 saturated heterocycles. The summed E-state index contributed by atoms with van der Waals surface area (Å²) in [6.45, 7) is 3.97. The van der Waals surface area contributed by atoms with E-state index in [9.17, 15) is 32.3 Å². The van der Waals surface area contributed by atoms with Crippen LogP contribution in [0.1, 0.15) is 43.5 Å². The maximum absolute atomic E-state index is 14.9. The monoisotopic (exact) mass is 512 g/mol. The van der Waals surface area contributed by atoms with Gasteiger partial charge in [-0.05, 0) is 48.7 Å². The molecular weight excluding hydrogens is 484 g/mol. The molecule has 0 aromatic heterocycles. The van der Waals surface area contributed by atoms with E-state index >= 15 is 0 Å². The summed E-state index contributed by atoms with van der Waals surface area (Å²) in [7, 11) is 0. The second kappa shape index (κ2) is 11.2. The van der Waals surface area contributed by atoms with Crippen molar-refractivity contribution in [1.82, 2.24) is 4.90 Å². The van der Waals surface area contributed by atoms with Crippen LogP contribution in [0.5, 0.6) is 5.75 Å². The van der Waals surface area contributed by atoms with Gasteiger partial charge in [-0.25, -0.2) is 22.4 Å². The highest BCUT2D eigenvalue weighted by molar-refractivity contribution is 5.97. The molecule has 2 aromatic rings. The molecule has 1 aliphatic heterocycles. The standard InChI is InChI=1S/C25H28F4N2O5/c1-4-36-16-5-6-17-14(9-16)7-8-31(24(33)34)22(17)23(32)30-15-10-18(26)21(19(27)11-15)25(2,3)13-35-12-20(28)29/h5-6,9-11,20,22H,4,7-8,12-13H2,1-3H3,(H,30,32)(H,33,34)/t22-/m1/s1. The Kier molecular flexibility index (Phi) is 8.44. The third kappa shape index (κ3) is 6.07. The summed E-state index contributed by atoms with van der Waals surface area (Å²) >= 11 is 0. The maximum Gasteiger partial charge on any atom is 0.408 e. The number of nitrogens with one attached hydrogen (secondary N) is 1. The number of benzene rings is 2. The lowest BCUT2D eigenvalue weighted by Gasteiger charge is -2.34. The summed E-state index contributed by atoms with van der Waals surface area (Å²) in [6, 6.07) is 5.53. The number of nitrogens with zero attached hydrogens (tertiary/aromatic N) is 1. The zero-order valence-electron chi connectivity index (χ0n) is 20.1. The molecule has 196 valence electrons. The minimum Gasteiger partial charge on any atom is -0.494 e. The number of rotatable bonds is 9. The zero-order valence-corrected chi connectivity index (χ0v) is 20.1. The van der Waals surface area contributed by atoms with Crippen LogP contribution in [0.25, 0.3) is 0 Å². The van der Waals surface area contributed by atoms with Crippen molar-refractivity contribution in [2.75, 3.05) is 31.7 Å². The summed E-state index contributed by atoms with van der Waals surface area (Å²) in [5, 5.41) is 12.1. The second-order valence-electron chi connectivity index (χ2n) is 9.02. The Balaban J connectivity index is 1.87. The van der Waals surface area contributed by atoms with E-state index in [1.54, 1.807) is 18.2 Å². The molecule has 0 fully saturated rings. The van der Waals surface area contributed by atoms with Crippen LogP contribution in [0, 0.1) is 11.6 Å².